The summed E-state index contributed by atoms with van der Waals surface area (Å²) in [5.41, 5.74) is 3.54. The van der Waals surface area contributed by atoms with Gasteiger partial charge in [0.25, 0.3) is 5.91 Å². The van der Waals surface area contributed by atoms with Crippen molar-refractivity contribution in [3.8, 4) is 11.8 Å². The predicted octanol–water partition coefficient (Wildman–Crippen LogP) is 4.99. The van der Waals surface area contributed by atoms with Crippen LogP contribution in [0.5, 0.6) is 5.75 Å². The van der Waals surface area contributed by atoms with Crippen LogP contribution in [0.3, 0.4) is 0 Å². The third kappa shape index (κ3) is 5.27. The number of ether oxygens (including phenoxy) is 1. The first-order chi connectivity index (χ1) is 16.2. The predicted molar refractivity (Wildman–Crippen MR) is 129 cm³/mol. The Morgan fingerprint density at radius 2 is 1.88 bits per heavy atom. The van der Waals surface area contributed by atoms with Gasteiger partial charge in [-0.1, -0.05) is 30.3 Å². The van der Waals surface area contributed by atoms with E-state index in [2.05, 4.69) is 11.4 Å². The van der Waals surface area contributed by atoms with Crippen LogP contribution in [0.25, 0.3) is 11.0 Å². The fourth-order valence-electron chi connectivity index (χ4n) is 3.63. The Hall–Kier alpha value is -4.09. The maximum atomic E-state index is 13.0. The number of nitrogens with one attached hydrogen (secondary N) is 1. The Kier molecular flexibility index (Phi) is 6.39. The van der Waals surface area contributed by atoms with E-state index in [0.29, 0.717) is 40.1 Å². The van der Waals surface area contributed by atoms with Crippen LogP contribution in [-0.2, 0) is 22.2 Å². The molecule has 1 heterocycles. The first-order valence-electron chi connectivity index (χ1n) is 10.5. The minimum absolute atomic E-state index is 0.0243. The van der Waals surface area contributed by atoms with E-state index in [-0.39, 0.29) is 11.5 Å². The molecule has 1 aromatic heterocycles. The Morgan fingerprint density at radius 3 is 2.62 bits per heavy atom. The molecule has 172 valence electrons. The SMILES string of the molecule is Cc1cc(OCc2cccc(C#N)c2)ccc1NC(=O)c1oc2ccccc2c1CS(C)(=O)=O. The third-order valence-electron chi connectivity index (χ3n) is 5.22. The minimum Gasteiger partial charge on any atom is -0.489 e. The van der Waals surface area contributed by atoms with Crippen LogP contribution >= 0.6 is 0 Å². The van der Waals surface area contributed by atoms with Crippen LogP contribution < -0.4 is 10.1 Å². The van der Waals surface area contributed by atoms with Gasteiger partial charge in [-0.3, -0.25) is 4.79 Å². The van der Waals surface area contributed by atoms with Crippen molar-refractivity contribution in [2.24, 2.45) is 0 Å². The number of sulfone groups is 1. The maximum absolute atomic E-state index is 13.0. The molecule has 0 spiro atoms. The van der Waals surface area contributed by atoms with E-state index >= 15 is 0 Å². The molecule has 34 heavy (non-hydrogen) atoms. The molecular weight excluding hydrogens is 452 g/mol. The summed E-state index contributed by atoms with van der Waals surface area (Å²) >= 11 is 0. The molecule has 0 aliphatic rings. The number of anilines is 1. The van der Waals surface area contributed by atoms with Gasteiger partial charge in [0.1, 0.15) is 17.9 Å². The molecule has 3 aromatic carbocycles. The van der Waals surface area contributed by atoms with Crippen molar-refractivity contribution in [2.45, 2.75) is 19.3 Å². The lowest BCUT2D eigenvalue weighted by molar-refractivity contribution is 0.0997. The fourth-order valence-corrected chi connectivity index (χ4v) is 4.44. The number of hydrogen-bond donors (Lipinski definition) is 1. The van der Waals surface area contributed by atoms with Gasteiger partial charge in [0.15, 0.2) is 15.6 Å². The molecule has 0 bridgehead atoms. The van der Waals surface area contributed by atoms with Crippen LogP contribution in [0.15, 0.2) is 71.1 Å². The zero-order valence-electron chi connectivity index (χ0n) is 18.7. The minimum atomic E-state index is -3.39. The van der Waals surface area contributed by atoms with Crippen LogP contribution in [-0.4, -0.2) is 20.6 Å². The Bertz CT molecular complexity index is 1530. The number of furan rings is 1. The average Bonchev–Trinajstić information content (AvgIpc) is 3.16. The van der Waals surface area contributed by atoms with Crippen molar-refractivity contribution in [2.75, 3.05) is 11.6 Å². The first-order valence-corrected chi connectivity index (χ1v) is 12.5. The first kappa shape index (κ1) is 23.1. The number of nitrogens with zero attached hydrogens (tertiary/aromatic N) is 1. The van der Waals surface area contributed by atoms with Crippen LogP contribution in [0, 0.1) is 18.3 Å². The number of benzene rings is 3. The summed E-state index contributed by atoms with van der Waals surface area (Å²) in [5, 5.41) is 12.4. The van der Waals surface area contributed by atoms with Gasteiger partial charge in [-0.05, 0) is 54.4 Å². The van der Waals surface area contributed by atoms with Gasteiger partial charge in [0.2, 0.25) is 0 Å². The number of amides is 1. The van der Waals surface area contributed by atoms with Crippen molar-refractivity contribution in [1.82, 2.24) is 0 Å². The lowest BCUT2D eigenvalue weighted by Gasteiger charge is -2.11. The largest absolute Gasteiger partial charge is 0.489 e. The van der Waals surface area contributed by atoms with Gasteiger partial charge in [0.05, 0.1) is 17.4 Å². The molecule has 1 amide bonds. The summed E-state index contributed by atoms with van der Waals surface area (Å²) in [4.78, 5) is 13.0. The van der Waals surface area contributed by atoms with Crippen LogP contribution in [0.1, 0.15) is 32.8 Å². The van der Waals surface area contributed by atoms with E-state index in [1.807, 2.05) is 13.0 Å². The van der Waals surface area contributed by atoms with Gasteiger partial charge in [-0.2, -0.15) is 5.26 Å². The summed E-state index contributed by atoms with van der Waals surface area (Å²) in [6.45, 7) is 2.13. The smallest absolute Gasteiger partial charge is 0.291 e. The highest BCUT2D eigenvalue weighted by Crippen LogP contribution is 2.29. The van der Waals surface area contributed by atoms with Crippen molar-refractivity contribution < 1.29 is 22.4 Å². The van der Waals surface area contributed by atoms with Crippen LogP contribution in [0.2, 0.25) is 0 Å². The van der Waals surface area contributed by atoms with Crippen molar-refractivity contribution in [3.05, 3.63) is 94.7 Å². The highest BCUT2D eigenvalue weighted by molar-refractivity contribution is 7.89. The topological polar surface area (TPSA) is 109 Å². The molecule has 0 saturated carbocycles. The standard InChI is InChI=1S/C26H22N2O5S/c1-17-12-20(32-15-19-7-5-6-18(13-19)14-27)10-11-23(17)28-26(29)25-22(16-34(2,30)31)21-8-3-4-9-24(21)33-25/h3-13H,15-16H2,1-2H3,(H,28,29). The zero-order valence-corrected chi connectivity index (χ0v) is 19.5. The fraction of sp³-hybridized carbons (Fsp3) is 0.154. The second-order valence-corrected chi connectivity index (χ2v) is 10.1. The zero-order chi connectivity index (χ0) is 24.3. The molecule has 1 N–H and O–H groups in total. The van der Waals surface area contributed by atoms with Crippen molar-refractivity contribution in [3.63, 3.8) is 0 Å². The molecule has 0 radical (unpaired) electrons. The van der Waals surface area contributed by atoms with Gasteiger partial charge >= 0.3 is 0 Å². The Balaban J connectivity index is 1.53. The monoisotopic (exact) mass is 474 g/mol. The van der Waals surface area contributed by atoms with E-state index in [9.17, 15) is 13.2 Å². The quantitative estimate of drug-likeness (QED) is 0.404. The number of hydrogen-bond acceptors (Lipinski definition) is 6. The third-order valence-corrected chi connectivity index (χ3v) is 6.03. The number of rotatable bonds is 7. The molecule has 4 rings (SSSR count). The average molecular weight is 475 g/mol. The molecule has 0 fully saturated rings. The van der Waals surface area contributed by atoms with Gasteiger partial charge in [-0.25, -0.2) is 8.42 Å². The Morgan fingerprint density at radius 1 is 1.09 bits per heavy atom. The summed E-state index contributed by atoms with van der Waals surface area (Å²) in [6.07, 6.45) is 1.12. The van der Waals surface area contributed by atoms with Crippen molar-refractivity contribution >= 4 is 32.4 Å². The number of nitriles is 1. The van der Waals surface area contributed by atoms with Gasteiger partial charge in [-0.15, -0.1) is 0 Å². The highest BCUT2D eigenvalue weighted by Gasteiger charge is 2.23. The van der Waals surface area contributed by atoms with E-state index in [0.717, 1.165) is 17.4 Å². The van der Waals surface area contributed by atoms with E-state index in [4.69, 9.17) is 14.4 Å². The molecular formula is C26H22N2O5S. The summed E-state index contributed by atoms with van der Waals surface area (Å²) < 4.78 is 35.5. The molecule has 8 heteroatoms. The van der Waals surface area contributed by atoms with Crippen molar-refractivity contribution in [1.29, 1.82) is 5.26 Å². The number of carbonyl (C=O) groups excluding carboxylic acids is 1. The molecule has 0 atom stereocenters. The van der Waals surface area contributed by atoms with Gasteiger partial charge in [0, 0.05) is 22.9 Å². The normalized spacial score (nSPS) is 11.2. The summed E-state index contributed by atoms with van der Waals surface area (Å²) in [5.74, 6) is -0.242. The lowest BCUT2D eigenvalue weighted by Crippen LogP contribution is -2.15. The second kappa shape index (κ2) is 9.41. The molecule has 0 unspecified atom stereocenters. The number of aryl methyl sites for hydroxylation is 1. The maximum Gasteiger partial charge on any atom is 0.291 e. The van der Waals surface area contributed by atoms with Crippen LogP contribution in [0.4, 0.5) is 5.69 Å². The number of fused-ring (bicyclic) bond motifs is 1. The highest BCUT2D eigenvalue weighted by atomic mass is 32.2. The lowest BCUT2D eigenvalue weighted by atomic mass is 10.1. The Labute approximate surface area is 197 Å². The van der Waals surface area contributed by atoms with E-state index in [1.165, 1.54) is 0 Å². The molecule has 0 aliphatic carbocycles. The number of para-hydroxylation sites is 1. The van der Waals surface area contributed by atoms with Gasteiger partial charge < -0.3 is 14.5 Å². The number of carbonyl (C=O) groups is 1. The molecule has 0 saturated heterocycles. The summed E-state index contributed by atoms with van der Waals surface area (Å²) in [7, 11) is -3.39. The second-order valence-electron chi connectivity index (χ2n) is 8.01. The van der Waals surface area contributed by atoms with E-state index < -0.39 is 15.7 Å². The summed E-state index contributed by atoms with van der Waals surface area (Å²) in [6, 6.07) is 21.5. The molecule has 4 aromatic rings. The molecule has 0 aliphatic heterocycles. The molecule has 7 nitrogen and oxygen atoms in total. The van der Waals surface area contributed by atoms with E-state index in [1.54, 1.807) is 60.7 Å².